The van der Waals surface area contributed by atoms with Crippen LogP contribution in [0.3, 0.4) is 0 Å². The van der Waals surface area contributed by atoms with Gasteiger partial charge in [0.2, 0.25) is 6.10 Å². The molecule has 0 aliphatic carbocycles. The molecule has 0 spiro atoms. The highest BCUT2D eigenvalue weighted by atomic mass is 35.5. The van der Waals surface area contributed by atoms with Crippen LogP contribution in [0.2, 0.25) is 5.02 Å². The van der Waals surface area contributed by atoms with Gasteiger partial charge in [0, 0.05) is 17.6 Å². The third-order valence-electron chi connectivity index (χ3n) is 3.22. The van der Waals surface area contributed by atoms with E-state index in [9.17, 15) is 14.4 Å². The van der Waals surface area contributed by atoms with Crippen LogP contribution in [0.1, 0.15) is 11.7 Å². The van der Waals surface area contributed by atoms with Gasteiger partial charge >= 0.3 is 12.0 Å². The first kappa shape index (κ1) is 19.3. The van der Waals surface area contributed by atoms with Gasteiger partial charge in [-0.2, -0.15) is 0 Å². The van der Waals surface area contributed by atoms with Gasteiger partial charge in [-0.15, -0.1) is 0 Å². The molecule has 3 amide bonds. The van der Waals surface area contributed by atoms with E-state index in [0.717, 1.165) is 0 Å². The van der Waals surface area contributed by atoms with Gasteiger partial charge in [0.05, 0.1) is 0 Å². The SMILES string of the molecule is CNC(=O)NC(=O)[C@@H](OC(=O)COc1ccc(Cl)cc1)c1ccccc1. The topological polar surface area (TPSA) is 93.7 Å². The number of nitrogens with one attached hydrogen (secondary N) is 2. The fourth-order valence-electron chi connectivity index (χ4n) is 1.98. The van der Waals surface area contributed by atoms with Crippen molar-refractivity contribution in [3.05, 3.63) is 65.2 Å². The number of benzene rings is 2. The van der Waals surface area contributed by atoms with Crippen molar-refractivity contribution < 1.29 is 23.9 Å². The lowest BCUT2D eigenvalue weighted by atomic mass is 10.1. The Balaban J connectivity index is 2.03. The van der Waals surface area contributed by atoms with E-state index >= 15 is 0 Å². The molecule has 7 nitrogen and oxygen atoms in total. The van der Waals surface area contributed by atoms with E-state index in [1.807, 2.05) is 0 Å². The van der Waals surface area contributed by atoms with Crippen molar-refractivity contribution in [3.8, 4) is 5.75 Å². The lowest BCUT2D eigenvalue weighted by Crippen LogP contribution is -2.41. The standard InChI is InChI=1S/C18H17ClN2O5/c1-20-18(24)21-17(23)16(12-5-3-2-4-6-12)26-15(22)11-25-14-9-7-13(19)8-10-14/h2-10,16H,11H2,1H3,(H2,20,21,23,24)/t16-/m0/s1. The number of urea groups is 1. The number of rotatable bonds is 6. The molecule has 0 heterocycles. The number of esters is 1. The van der Waals surface area contributed by atoms with Crippen molar-refractivity contribution in [2.45, 2.75) is 6.10 Å². The van der Waals surface area contributed by atoms with Crippen molar-refractivity contribution in [2.75, 3.05) is 13.7 Å². The number of hydrogen-bond acceptors (Lipinski definition) is 5. The molecule has 0 aliphatic rings. The molecule has 2 rings (SSSR count). The second-order valence-corrected chi connectivity index (χ2v) is 5.53. The summed E-state index contributed by atoms with van der Waals surface area (Å²) in [6.45, 7) is -0.405. The molecule has 0 unspecified atom stereocenters. The van der Waals surface area contributed by atoms with Crippen LogP contribution in [0.4, 0.5) is 4.79 Å². The first-order valence-corrected chi connectivity index (χ1v) is 8.02. The molecule has 1 atom stereocenters. The van der Waals surface area contributed by atoms with E-state index in [-0.39, 0.29) is 0 Å². The molecule has 26 heavy (non-hydrogen) atoms. The normalized spacial score (nSPS) is 11.2. The second-order valence-electron chi connectivity index (χ2n) is 5.09. The Hall–Kier alpha value is -3.06. The largest absolute Gasteiger partial charge is 0.482 e. The highest BCUT2D eigenvalue weighted by Gasteiger charge is 2.26. The van der Waals surface area contributed by atoms with Gasteiger partial charge in [0.25, 0.3) is 5.91 Å². The smallest absolute Gasteiger partial charge is 0.345 e. The maximum Gasteiger partial charge on any atom is 0.345 e. The van der Waals surface area contributed by atoms with E-state index in [1.54, 1.807) is 54.6 Å². The fraction of sp³-hybridized carbons (Fsp3) is 0.167. The number of imide groups is 1. The lowest BCUT2D eigenvalue weighted by molar-refractivity contribution is -0.158. The third kappa shape index (κ3) is 5.78. The van der Waals surface area contributed by atoms with Crippen LogP contribution in [-0.4, -0.2) is 31.6 Å². The Morgan fingerprint density at radius 1 is 1.04 bits per heavy atom. The number of ether oxygens (including phenoxy) is 2. The Bertz CT molecular complexity index is 765. The quantitative estimate of drug-likeness (QED) is 0.755. The number of carbonyl (C=O) groups excluding carboxylic acids is 3. The zero-order valence-electron chi connectivity index (χ0n) is 13.9. The van der Waals surface area contributed by atoms with Gasteiger partial charge in [-0.05, 0) is 24.3 Å². The first-order valence-electron chi connectivity index (χ1n) is 7.65. The molecule has 0 aliphatic heterocycles. The predicted molar refractivity (Wildman–Crippen MR) is 94.8 cm³/mol. The Morgan fingerprint density at radius 2 is 1.69 bits per heavy atom. The van der Waals surface area contributed by atoms with Gasteiger partial charge in [0.1, 0.15) is 5.75 Å². The van der Waals surface area contributed by atoms with Crippen LogP contribution in [0.15, 0.2) is 54.6 Å². The summed E-state index contributed by atoms with van der Waals surface area (Å²) >= 11 is 5.78. The van der Waals surface area contributed by atoms with E-state index in [1.165, 1.54) is 7.05 Å². The average Bonchev–Trinajstić information content (AvgIpc) is 2.66. The van der Waals surface area contributed by atoms with Crippen molar-refractivity contribution in [2.24, 2.45) is 0 Å². The summed E-state index contributed by atoms with van der Waals surface area (Å²) in [5.74, 6) is -1.10. The maximum absolute atomic E-state index is 12.3. The molecule has 8 heteroatoms. The molecule has 0 aromatic heterocycles. The van der Waals surface area contributed by atoms with Crippen molar-refractivity contribution >= 4 is 29.5 Å². The molecule has 0 fully saturated rings. The molecule has 2 aromatic rings. The van der Waals surface area contributed by atoms with Gasteiger partial charge in [-0.3, -0.25) is 10.1 Å². The molecule has 0 saturated carbocycles. The predicted octanol–water partition coefficient (Wildman–Crippen LogP) is 2.46. The van der Waals surface area contributed by atoms with Crippen molar-refractivity contribution in [3.63, 3.8) is 0 Å². The monoisotopic (exact) mass is 376 g/mol. The van der Waals surface area contributed by atoms with Crippen LogP contribution in [0.25, 0.3) is 0 Å². The molecule has 2 aromatic carbocycles. The van der Waals surface area contributed by atoms with Crippen LogP contribution in [0, 0.1) is 0 Å². The average molecular weight is 377 g/mol. The lowest BCUT2D eigenvalue weighted by Gasteiger charge is -2.17. The summed E-state index contributed by atoms with van der Waals surface area (Å²) in [5.41, 5.74) is 0.425. The molecule has 0 saturated heterocycles. The first-order chi connectivity index (χ1) is 12.5. The van der Waals surface area contributed by atoms with Gasteiger partial charge in [-0.1, -0.05) is 41.9 Å². The molecule has 0 bridgehead atoms. The van der Waals surface area contributed by atoms with E-state index in [0.29, 0.717) is 16.3 Å². The van der Waals surface area contributed by atoms with Crippen LogP contribution in [0.5, 0.6) is 5.75 Å². The summed E-state index contributed by atoms with van der Waals surface area (Å²) < 4.78 is 10.5. The molecule has 2 N–H and O–H groups in total. The number of hydrogen-bond donors (Lipinski definition) is 2. The summed E-state index contributed by atoms with van der Waals surface area (Å²) in [4.78, 5) is 35.7. The minimum absolute atomic E-state index is 0.405. The van der Waals surface area contributed by atoms with E-state index in [4.69, 9.17) is 21.1 Å². The molecular weight excluding hydrogens is 360 g/mol. The van der Waals surface area contributed by atoms with E-state index in [2.05, 4.69) is 10.6 Å². The third-order valence-corrected chi connectivity index (χ3v) is 3.48. The van der Waals surface area contributed by atoms with Gasteiger partial charge < -0.3 is 14.8 Å². The Kier molecular flexibility index (Phi) is 6.99. The molecular formula is C18H17ClN2O5. The minimum atomic E-state index is -1.28. The molecule has 0 radical (unpaired) electrons. The van der Waals surface area contributed by atoms with E-state index < -0.39 is 30.6 Å². The zero-order valence-corrected chi connectivity index (χ0v) is 14.7. The maximum atomic E-state index is 12.3. The number of amides is 3. The number of halogens is 1. The minimum Gasteiger partial charge on any atom is -0.482 e. The van der Waals surface area contributed by atoms with Crippen LogP contribution < -0.4 is 15.4 Å². The van der Waals surface area contributed by atoms with Gasteiger partial charge in [-0.25, -0.2) is 9.59 Å². The number of carbonyl (C=O) groups is 3. The Labute approximate surface area is 155 Å². The summed E-state index contributed by atoms with van der Waals surface area (Å²) in [6, 6.07) is 14.1. The van der Waals surface area contributed by atoms with Crippen molar-refractivity contribution in [1.29, 1.82) is 0 Å². The highest BCUT2D eigenvalue weighted by Crippen LogP contribution is 2.19. The van der Waals surface area contributed by atoms with Crippen molar-refractivity contribution in [1.82, 2.24) is 10.6 Å². The Morgan fingerprint density at radius 3 is 2.31 bits per heavy atom. The summed E-state index contributed by atoms with van der Waals surface area (Å²) in [5, 5.41) is 4.89. The molecule has 136 valence electrons. The van der Waals surface area contributed by atoms with Gasteiger partial charge in [0.15, 0.2) is 6.61 Å². The van der Waals surface area contributed by atoms with Crippen LogP contribution >= 0.6 is 11.6 Å². The highest BCUT2D eigenvalue weighted by molar-refractivity contribution is 6.30. The summed E-state index contributed by atoms with van der Waals surface area (Å²) in [6.07, 6.45) is -1.28. The van der Waals surface area contributed by atoms with Crippen LogP contribution in [-0.2, 0) is 14.3 Å². The summed E-state index contributed by atoms with van der Waals surface area (Å²) in [7, 11) is 1.37. The fourth-order valence-corrected chi connectivity index (χ4v) is 2.11. The second kappa shape index (κ2) is 9.43. The zero-order chi connectivity index (χ0) is 18.9.